The number of methoxy groups -OCH3 is 1. The summed E-state index contributed by atoms with van der Waals surface area (Å²) >= 11 is 0. The Morgan fingerprint density at radius 1 is 1.06 bits per heavy atom. The molecular formula is C24H30N2O5+2. The Bertz CT molecular complexity index is 1130. The number of piperazine rings is 1. The zero-order chi connectivity index (χ0) is 22.0. The second-order valence-corrected chi connectivity index (χ2v) is 8.15. The van der Waals surface area contributed by atoms with Gasteiger partial charge in [0.05, 0.1) is 30.2 Å². The first-order valence-electron chi connectivity index (χ1n) is 10.7. The smallest absolute Gasteiger partial charge is 0.200 e. The number of aryl methyl sites for hydroxylation is 1. The van der Waals surface area contributed by atoms with Crippen LogP contribution in [0.4, 0.5) is 0 Å². The molecule has 164 valence electrons. The molecule has 7 heteroatoms. The van der Waals surface area contributed by atoms with Crippen LogP contribution in [0.3, 0.4) is 0 Å². The van der Waals surface area contributed by atoms with Gasteiger partial charge in [0.15, 0.2) is 5.58 Å². The lowest BCUT2D eigenvalue weighted by Gasteiger charge is -2.29. The lowest BCUT2D eigenvalue weighted by atomic mass is 10.00. The molecule has 2 aromatic carbocycles. The van der Waals surface area contributed by atoms with E-state index >= 15 is 0 Å². The van der Waals surface area contributed by atoms with E-state index in [4.69, 9.17) is 14.3 Å². The van der Waals surface area contributed by atoms with Crippen molar-refractivity contribution in [3.8, 4) is 22.6 Å². The quantitative estimate of drug-likeness (QED) is 0.437. The van der Waals surface area contributed by atoms with E-state index in [0.29, 0.717) is 45.7 Å². The molecule has 0 bridgehead atoms. The van der Waals surface area contributed by atoms with E-state index < -0.39 is 0 Å². The Morgan fingerprint density at radius 2 is 1.77 bits per heavy atom. The summed E-state index contributed by atoms with van der Waals surface area (Å²) in [7, 11) is 1.58. The average Bonchev–Trinajstić information content (AvgIpc) is 2.77. The number of para-hydroxylation sites is 1. The van der Waals surface area contributed by atoms with Gasteiger partial charge in [-0.1, -0.05) is 18.2 Å². The number of phenolic OH excluding ortho intramolecular Hbond substituents is 1. The van der Waals surface area contributed by atoms with E-state index in [1.807, 2.05) is 24.3 Å². The molecule has 2 heterocycles. The van der Waals surface area contributed by atoms with Crippen molar-refractivity contribution in [2.45, 2.75) is 13.5 Å². The largest absolute Gasteiger partial charge is 0.507 e. The van der Waals surface area contributed by atoms with E-state index in [0.717, 1.165) is 32.7 Å². The van der Waals surface area contributed by atoms with Crippen molar-refractivity contribution in [3.63, 3.8) is 0 Å². The SMILES string of the molecule is COc1ccccc1-c1c(C)oc2c(C[NH+]3CC[NH+](CCO)CC3)c(O)ccc2c1=O. The predicted molar refractivity (Wildman–Crippen MR) is 118 cm³/mol. The van der Waals surface area contributed by atoms with Crippen molar-refractivity contribution in [1.82, 2.24) is 0 Å². The lowest BCUT2D eigenvalue weighted by molar-refractivity contribution is -1.02. The molecule has 1 fully saturated rings. The minimum absolute atomic E-state index is 0.128. The fourth-order valence-corrected chi connectivity index (χ4v) is 4.54. The normalized spacial score (nSPS) is 18.9. The molecule has 1 aliphatic rings. The maximum atomic E-state index is 13.5. The molecule has 4 rings (SSSR count). The van der Waals surface area contributed by atoms with Gasteiger partial charge in [0, 0.05) is 5.56 Å². The minimum atomic E-state index is -0.128. The van der Waals surface area contributed by atoms with E-state index in [2.05, 4.69) is 0 Å². The average molecular weight is 427 g/mol. The number of hydrogen-bond acceptors (Lipinski definition) is 5. The van der Waals surface area contributed by atoms with Gasteiger partial charge in [-0.2, -0.15) is 0 Å². The van der Waals surface area contributed by atoms with Crippen LogP contribution >= 0.6 is 0 Å². The molecule has 7 nitrogen and oxygen atoms in total. The number of rotatable bonds is 6. The highest BCUT2D eigenvalue weighted by atomic mass is 16.5. The Hall–Kier alpha value is -2.87. The molecule has 0 amide bonds. The highest BCUT2D eigenvalue weighted by molar-refractivity contribution is 5.87. The molecule has 0 saturated carbocycles. The maximum absolute atomic E-state index is 13.5. The number of aromatic hydroxyl groups is 1. The first-order chi connectivity index (χ1) is 15.0. The summed E-state index contributed by atoms with van der Waals surface area (Å²) in [6.45, 7) is 7.17. The van der Waals surface area contributed by atoms with E-state index in [9.17, 15) is 9.90 Å². The standard InChI is InChI=1S/C24H28N2O5/c1-16-22(17-5-3-4-6-21(17)30-2)23(29)18-7-8-20(28)19(24(18)31-16)15-26-11-9-25(10-12-26)13-14-27/h3-8,27-28H,9-15H2,1-2H3/p+2. The van der Waals surface area contributed by atoms with Crippen molar-refractivity contribution < 1.29 is 29.2 Å². The van der Waals surface area contributed by atoms with Crippen molar-refractivity contribution >= 4 is 11.0 Å². The Labute approximate surface area is 181 Å². The number of hydrogen-bond donors (Lipinski definition) is 4. The zero-order valence-corrected chi connectivity index (χ0v) is 18.0. The first-order valence-corrected chi connectivity index (χ1v) is 10.7. The van der Waals surface area contributed by atoms with E-state index in [1.165, 1.54) is 9.80 Å². The van der Waals surface area contributed by atoms with Gasteiger partial charge in [0.2, 0.25) is 5.43 Å². The highest BCUT2D eigenvalue weighted by Crippen LogP contribution is 2.33. The number of nitrogens with one attached hydrogen (secondary N) is 2. The van der Waals surface area contributed by atoms with Crippen molar-refractivity contribution in [1.29, 1.82) is 0 Å². The summed E-state index contributed by atoms with van der Waals surface area (Å²) in [6, 6.07) is 10.6. The first kappa shape index (κ1) is 21.4. The molecular weight excluding hydrogens is 396 g/mol. The van der Waals surface area contributed by atoms with Gasteiger partial charge >= 0.3 is 0 Å². The van der Waals surface area contributed by atoms with Crippen molar-refractivity contribution in [2.75, 3.05) is 46.4 Å². The summed E-state index contributed by atoms with van der Waals surface area (Å²) in [5.41, 5.74) is 2.18. The summed E-state index contributed by atoms with van der Waals surface area (Å²) in [6.07, 6.45) is 0. The maximum Gasteiger partial charge on any atom is 0.200 e. The molecule has 3 aromatic rings. The monoisotopic (exact) mass is 426 g/mol. The van der Waals surface area contributed by atoms with Gasteiger partial charge in [-0.05, 0) is 25.1 Å². The van der Waals surface area contributed by atoms with Gasteiger partial charge in [-0.25, -0.2) is 0 Å². The van der Waals surface area contributed by atoms with Crippen LogP contribution in [0, 0.1) is 6.92 Å². The summed E-state index contributed by atoms with van der Waals surface area (Å²) in [5.74, 6) is 1.27. The molecule has 1 aromatic heterocycles. The number of ether oxygens (including phenoxy) is 1. The zero-order valence-electron chi connectivity index (χ0n) is 18.0. The molecule has 31 heavy (non-hydrogen) atoms. The van der Waals surface area contributed by atoms with Crippen LogP contribution in [0.1, 0.15) is 11.3 Å². The third kappa shape index (κ3) is 4.17. The van der Waals surface area contributed by atoms with Crippen LogP contribution in [-0.2, 0) is 6.54 Å². The molecule has 0 aliphatic carbocycles. The van der Waals surface area contributed by atoms with Crippen LogP contribution in [0.25, 0.3) is 22.1 Å². The molecule has 0 atom stereocenters. The topological polar surface area (TPSA) is 88.8 Å². The van der Waals surface area contributed by atoms with Crippen LogP contribution in [0.2, 0.25) is 0 Å². The predicted octanol–water partition coefficient (Wildman–Crippen LogP) is -0.242. The fourth-order valence-electron chi connectivity index (χ4n) is 4.54. The van der Waals surface area contributed by atoms with Gasteiger partial charge < -0.3 is 29.2 Å². The molecule has 0 unspecified atom stereocenters. The van der Waals surface area contributed by atoms with Gasteiger partial charge in [0.1, 0.15) is 56.5 Å². The third-order valence-corrected chi connectivity index (χ3v) is 6.25. The summed E-state index contributed by atoms with van der Waals surface area (Å²) < 4.78 is 11.6. The van der Waals surface area contributed by atoms with Crippen molar-refractivity contribution in [3.05, 3.63) is 57.9 Å². The molecule has 0 spiro atoms. The number of benzene rings is 2. The number of quaternary nitrogens is 2. The lowest BCUT2D eigenvalue weighted by Crippen LogP contribution is -3.27. The van der Waals surface area contributed by atoms with Gasteiger partial charge in [0.25, 0.3) is 0 Å². The second kappa shape index (κ2) is 9.09. The minimum Gasteiger partial charge on any atom is -0.507 e. The Kier molecular flexibility index (Phi) is 6.27. The Balaban J connectivity index is 1.74. The number of aliphatic hydroxyl groups excluding tert-OH is 1. The Morgan fingerprint density at radius 3 is 2.48 bits per heavy atom. The van der Waals surface area contributed by atoms with Crippen LogP contribution < -0.4 is 20.0 Å². The number of phenols is 1. The molecule has 1 saturated heterocycles. The van der Waals surface area contributed by atoms with Gasteiger partial charge in [-0.15, -0.1) is 0 Å². The third-order valence-electron chi connectivity index (χ3n) is 6.25. The van der Waals surface area contributed by atoms with Crippen LogP contribution in [-0.4, -0.2) is 56.7 Å². The summed E-state index contributed by atoms with van der Waals surface area (Å²) in [4.78, 5) is 16.2. The van der Waals surface area contributed by atoms with Crippen molar-refractivity contribution in [2.24, 2.45) is 0 Å². The summed E-state index contributed by atoms with van der Waals surface area (Å²) in [5, 5.41) is 20.2. The van der Waals surface area contributed by atoms with E-state index in [1.54, 1.807) is 26.2 Å². The highest BCUT2D eigenvalue weighted by Gasteiger charge is 2.26. The molecule has 1 aliphatic heterocycles. The molecule has 4 N–H and O–H groups in total. The fraction of sp³-hybridized carbons (Fsp3) is 0.375. The number of fused-ring (bicyclic) bond motifs is 1. The molecule has 0 radical (unpaired) electrons. The van der Waals surface area contributed by atoms with E-state index in [-0.39, 0.29) is 17.8 Å². The van der Waals surface area contributed by atoms with Crippen LogP contribution in [0.15, 0.2) is 45.6 Å². The van der Waals surface area contributed by atoms with Gasteiger partial charge in [-0.3, -0.25) is 4.79 Å². The number of aliphatic hydroxyl groups is 1. The van der Waals surface area contributed by atoms with Crippen LogP contribution in [0.5, 0.6) is 11.5 Å². The second-order valence-electron chi connectivity index (χ2n) is 8.15.